The molecule has 0 bridgehead atoms. The molecule has 0 spiro atoms. The molecule has 3 rings (SSSR count). The van der Waals surface area contributed by atoms with Crippen LogP contribution in [0.3, 0.4) is 0 Å². The molecule has 0 amide bonds. The van der Waals surface area contributed by atoms with Crippen molar-refractivity contribution < 1.29 is 0 Å². The molecule has 1 aliphatic rings. The van der Waals surface area contributed by atoms with E-state index in [0.29, 0.717) is 0 Å². The molecule has 0 saturated carbocycles. The maximum atomic E-state index is 5.79. The van der Waals surface area contributed by atoms with Gasteiger partial charge in [0.25, 0.3) is 0 Å². The second-order valence-electron chi connectivity index (χ2n) is 5.70. The quantitative estimate of drug-likeness (QED) is 0.850. The number of thiazole rings is 1. The first kappa shape index (κ1) is 13.6. The molecule has 3 N–H and O–H groups in total. The van der Waals surface area contributed by atoms with Crippen molar-refractivity contribution >= 4 is 32.4 Å². The Kier molecular flexibility index (Phi) is 4.08. The zero-order chi connectivity index (χ0) is 13.9. The largest absolute Gasteiger partial charge is 0.399 e. The summed E-state index contributed by atoms with van der Waals surface area (Å²) in [4.78, 5) is 7.12. The van der Waals surface area contributed by atoms with E-state index in [1.165, 1.54) is 25.9 Å². The standard InChI is InChI=1S/C15H22N4S/c1-11-4-7-19(8-5-11)9-6-17-15-18-13-3-2-12(16)10-14(13)20-15/h2-3,10-11H,4-9,16H2,1H3,(H,17,18). The lowest BCUT2D eigenvalue weighted by Gasteiger charge is -2.30. The van der Waals surface area contributed by atoms with Gasteiger partial charge in [0, 0.05) is 18.8 Å². The number of hydrogen-bond acceptors (Lipinski definition) is 5. The number of anilines is 2. The molecular weight excluding hydrogens is 268 g/mol. The van der Waals surface area contributed by atoms with Crippen LogP contribution >= 0.6 is 11.3 Å². The highest BCUT2D eigenvalue weighted by atomic mass is 32.1. The maximum absolute atomic E-state index is 5.79. The van der Waals surface area contributed by atoms with Gasteiger partial charge in [-0.25, -0.2) is 4.98 Å². The highest BCUT2D eigenvalue weighted by molar-refractivity contribution is 7.22. The van der Waals surface area contributed by atoms with E-state index in [9.17, 15) is 0 Å². The average molecular weight is 290 g/mol. The normalized spacial score (nSPS) is 17.6. The molecule has 4 nitrogen and oxygen atoms in total. The number of aromatic nitrogens is 1. The fourth-order valence-corrected chi connectivity index (χ4v) is 3.56. The van der Waals surface area contributed by atoms with Crippen molar-refractivity contribution in [3.8, 4) is 0 Å². The summed E-state index contributed by atoms with van der Waals surface area (Å²) >= 11 is 1.68. The molecule has 0 atom stereocenters. The molecule has 1 aliphatic heterocycles. The monoisotopic (exact) mass is 290 g/mol. The van der Waals surface area contributed by atoms with Crippen molar-refractivity contribution in [1.29, 1.82) is 0 Å². The van der Waals surface area contributed by atoms with Crippen LogP contribution in [0.25, 0.3) is 10.2 Å². The van der Waals surface area contributed by atoms with E-state index in [1.54, 1.807) is 11.3 Å². The smallest absolute Gasteiger partial charge is 0.183 e. The summed E-state index contributed by atoms with van der Waals surface area (Å²) < 4.78 is 1.15. The van der Waals surface area contributed by atoms with Crippen molar-refractivity contribution in [2.75, 3.05) is 37.2 Å². The molecule has 0 radical (unpaired) electrons. The number of fused-ring (bicyclic) bond motifs is 1. The van der Waals surface area contributed by atoms with E-state index < -0.39 is 0 Å². The number of rotatable bonds is 4. The Bertz CT molecular complexity index is 572. The van der Waals surface area contributed by atoms with Gasteiger partial charge in [-0.3, -0.25) is 0 Å². The number of nitrogens with one attached hydrogen (secondary N) is 1. The molecule has 1 aromatic heterocycles. The first-order valence-electron chi connectivity index (χ1n) is 7.33. The first-order valence-corrected chi connectivity index (χ1v) is 8.14. The number of nitrogens with two attached hydrogens (primary N) is 1. The minimum Gasteiger partial charge on any atom is -0.399 e. The van der Waals surface area contributed by atoms with Crippen LogP contribution in [0.2, 0.25) is 0 Å². The molecule has 1 aromatic carbocycles. The highest BCUT2D eigenvalue weighted by Gasteiger charge is 2.15. The zero-order valence-electron chi connectivity index (χ0n) is 11.9. The van der Waals surface area contributed by atoms with Crippen molar-refractivity contribution in [1.82, 2.24) is 9.88 Å². The fraction of sp³-hybridized carbons (Fsp3) is 0.533. The lowest BCUT2D eigenvalue weighted by atomic mass is 9.99. The minimum atomic E-state index is 0.801. The van der Waals surface area contributed by atoms with Gasteiger partial charge >= 0.3 is 0 Å². The molecular formula is C15H22N4S. The zero-order valence-corrected chi connectivity index (χ0v) is 12.7. The van der Waals surface area contributed by atoms with Crippen LogP contribution in [-0.4, -0.2) is 36.1 Å². The van der Waals surface area contributed by atoms with Gasteiger partial charge in [-0.15, -0.1) is 0 Å². The van der Waals surface area contributed by atoms with Crippen LogP contribution in [0.1, 0.15) is 19.8 Å². The molecule has 5 heteroatoms. The van der Waals surface area contributed by atoms with Crippen LogP contribution < -0.4 is 11.1 Å². The number of hydrogen-bond donors (Lipinski definition) is 2. The van der Waals surface area contributed by atoms with Crippen molar-refractivity contribution in [2.45, 2.75) is 19.8 Å². The van der Waals surface area contributed by atoms with Crippen LogP contribution in [0.4, 0.5) is 10.8 Å². The predicted molar refractivity (Wildman–Crippen MR) is 87.4 cm³/mol. The maximum Gasteiger partial charge on any atom is 0.183 e. The Hall–Kier alpha value is -1.33. The molecule has 0 aliphatic carbocycles. The molecule has 1 saturated heterocycles. The lowest BCUT2D eigenvalue weighted by molar-refractivity contribution is 0.199. The predicted octanol–water partition coefficient (Wildman–Crippen LogP) is 3.02. The van der Waals surface area contributed by atoms with Gasteiger partial charge in [-0.05, 0) is 50.0 Å². The highest BCUT2D eigenvalue weighted by Crippen LogP contribution is 2.27. The molecule has 20 heavy (non-hydrogen) atoms. The molecule has 0 unspecified atom stereocenters. The fourth-order valence-electron chi connectivity index (χ4n) is 2.62. The molecule has 2 aromatic rings. The summed E-state index contributed by atoms with van der Waals surface area (Å²) in [6.45, 7) is 6.88. The third kappa shape index (κ3) is 3.22. The summed E-state index contributed by atoms with van der Waals surface area (Å²) in [5.74, 6) is 0.897. The van der Waals surface area contributed by atoms with Gasteiger partial charge in [-0.1, -0.05) is 18.3 Å². The lowest BCUT2D eigenvalue weighted by Crippen LogP contribution is -2.36. The number of benzene rings is 1. The topological polar surface area (TPSA) is 54.2 Å². The Labute approximate surface area is 124 Å². The van der Waals surface area contributed by atoms with Gasteiger partial charge in [0.15, 0.2) is 5.13 Å². The van der Waals surface area contributed by atoms with Crippen molar-refractivity contribution in [3.63, 3.8) is 0 Å². The number of piperidine rings is 1. The Morgan fingerprint density at radius 2 is 2.20 bits per heavy atom. The molecule has 1 fully saturated rings. The molecule has 108 valence electrons. The summed E-state index contributed by atoms with van der Waals surface area (Å²) in [5.41, 5.74) is 7.62. The van der Waals surface area contributed by atoms with Gasteiger partial charge in [0.1, 0.15) is 0 Å². The van der Waals surface area contributed by atoms with E-state index >= 15 is 0 Å². The number of likely N-dealkylation sites (tertiary alicyclic amines) is 1. The van der Waals surface area contributed by atoms with E-state index in [-0.39, 0.29) is 0 Å². The summed E-state index contributed by atoms with van der Waals surface area (Å²) in [6.07, 6.45) is 2.67. The van der Waals surface area contributed by atoms with E-state index in [2.05, 4.69) is 22.1 Å². The van der Waals surface area contributed by atoms with Gasteiger partial charge in [0.05, 0.1) is 10.2 Å². The second kappa shape index (κ2) is 5.97. The van der Waals surface area contributed by atoms with Crippen LogP contribution in [-0.2, 0) is 0 Å². The Balaban J connectivity index is 1.52. The van der Waals surface area contributed by atoms with Gasteiger partial charge in [0.2, 0.25) is 0 Å². The van der Waals surface area contributed by atoms with Gasteiger partial charge < -0.3 is 16.0 Å². The van der Waals surface area contributed by atoms with Crippen LogP contribution in [0.5, 0.6) is 0 Å². The summed E-state index contributed by atoms with van der Waals surface area (Å²) in [5, 5.41) is 4.43. The van der Waals surface area contributed by atoms with Crippen LogP contribution in [0.15, 0.2) is 18.2 Å². The first-order chi connectivity index (χ1) is 9.70. The van der Waals surface area contributed by atoms with Gasteiger partial charge in [-0.2, -0.15) is 0 Å². The SMILES string of the molecule is CC1CCN(CCNc2nc3ccc(N)cc3s2)CC1. The van der Waals surface area contributed by atoms with E-state index in [4.69, 9.17) is 5.73 Å². The Morgan fingerprint density at radius 1 is 1.40 bits per heavy atom. The summed E-state index contributed by atoms with van der Waals surface area (Å²) in [7, 11) is 0. The van der Waals surface area contributed by atoms with Crippen LogP contribution in [0, 0.1) is 5.92 Å². The Morgan fingerprint density at radius 3 is 3.00 bits per heavy atom. The average Bonchev–Trinajstić information content (AvgIpc) is 2.83. The number of nitrogens with zero attached hydrogens (tertiary/aromatic N) is 2. The van der Waals surface area contributed by atoms with E-state index in [0.717, 1.165) is 40.0 Å². The third-order valence-corrected chi connectivity index (χ3v) is 4.97. The van der Waals surface area contributed by atoms with Crippen molar-refractivity contribution in [3.05, 3.63) is 18.2 Å². The minimum absolute atomic E-state index is 0.801. The summed E-state index contributed by atoms with van der Waals surface area (Å²) in [6, 6.07) is 5.88. The number of nitrogen functional groups attached to an aromatic ring is 1. The van der Waals surface area contributed by atoms with E-state index in [1.807, 2.05) is 18.2 Å². The van der Waals surface area contributed by atoms with Crippen molar-refractivity contribution in [2.24, 2.45) is 5.92 Å². The second-order valence-corrected chi connectivity index (χ2v) is 6.73. The third-order valence-electron chi connectivity index (χ3n) is 3.99. The molecule has 2 heterocycles.